The Labute approximate surface area is 139 Å². The quantitative estimate of drug-likeness (QED) is 0.848. The maximum absolute atomic E-state index is 12.0. The molecule has 1 amide bonds. The lowest BCUT2D eigenvalue weighted by Crippen LogP contribution is -2.19. The van der Waals surface area contributed by atoms with E-state index in [4.69, 9.17) is 4.74 Å². The third kappa shape index (κ3) is 5.62. The van der Waals surface area contributed by atoms with Gasteiger partial charge >= 0.3 is 0 Å². The Bertz CT molecular complexity index is 686. The molecule has 2 rings (SSSR count). The minimum Gasteiger partial charge on any atom is -0.367 e. The molecular weight excluding hydrogens is 310 g/mol. The predicted octanol–water partition coefficient (Wildman–Crippen LogP) is 3.03. The van der Waals surface area contributed by atoms with Crippen molar-refractivity contribution in [3.63, 3.8) is 0 Å². The Morgan fingerprint density at radius 1 is 1.13 bits per heavy atom. The van der Waals surface area contributed by atoms with E-state index >= 15 is 0 Å². The van der Waals surface area contributed by atoms with Crippen LogP contribution >= 0.6 is 0 Å². The van der Waals surface area contributed by atoms with Gasteiger partial charge in [0.25, 0.3) is 0 Å². The highest BCUT2D eigenvalue weighted by Crippen LogP contribution is 2.20. The Morgan fingerprint density at radius 3 is 2.57 bits per heavy atom. The van der Waals surface area contributed by atoms with Crippen LogP contribution in [0, 0.1) is 6.92 Å². The average Bonchev–Trinajstić information content (AvgIpc) is 2.52. The molecule has 0 saturated heterocycles. The molecule has 0 aromatic heterocycles. The zero-order valence-corrected chi connectivity index (χ0v) is 14.2. The molecule has 4 nitrogen and oxygen atoms in total. The van der Waals surface area contributed by atoms with E-state index < -0.39 is 10.8 Å². The van der Waals surface area contributed by atoms with Crippen LogP contribution in [0.25, 0.3) is 0 Å². The van der Waals surface area contributed by atoms with Gasteiger partial charge < -0.3 is 10.1 Å². The SMILES string of the molecule is Cc1c(C[S@@](C)=O)cccc1NC(=O)COCc1ccccc1. The number of amides is 1. The van der Waals surface area contributed by atoms with E-state index in [1.54, 1.807) is 6.26 Å². The minimum absolute atomic E-state index is 0.00172. The first-order valence-electron chi connectivity index (χ1n) is 7.36. The highest BCUT2D eigenvalue weighted by molar-refractivity contribution is 7.83. The van der Waals surface area contributed by atoms with Gasteiger partial charge in [0, 0.05) is 28.5 Å². The van der Waals surface area contributed by atoms with Crippen molar-refractivity contribution in [1.29, 1.82) is 0 Å². The average molecular weight is 331 g/mol. The van der Waals surface area contributed by atoms with E-state index in [-0.39, 0.29) is 12.5 Å². The van der Waals surface area contributed by atoms with Crippen LogP contribution in [0.15, 0.2) is 48.5 Å². The molecule has 0 aliphatic rings. The summed E-state index contributed by atoms with van der Waals surface area (Å²) in [6.45, 7) is 2.32. The molecule has 1 N–H and O–H groups in total. The second-order valence-electron chi connectivity index (χ2n) is 5.33. The maximum atomic E-state index is 12.0. The highest BCUT2D eigenvalue weighted by Gasteiger charge is 2.09. The number of anilines is 1. The molecule has 0 unspecified atom stereocenters. The molecule has 0 spiro atoms. The van der Waals surface area contributed by atoms with Crippen LogP contribution in [0.5, 0.6) is 0 Å². The number of carbonyl (C=O) groups is 1. The van der Waals surface area contributed by atoms with Crippen LogP contribution in [0.4, 0.5) is 5.69 Å². The number of benzene rings is 2. The van der Waals surface area contributed by atoms with Crippen molar-refractivity contribution in [3.05, 3.63) is 65.2 Å². The van der Waals surface area contributed by atoms with Crippen LogP contribution in [-0.2, 0) is 32.7 Å². The molecule has 5 heteroatoms. The van der Waals surface area contributed by atoms with Crippen molar-refractivity contribution >= 4 is 22.4 Å². The van der Waals surface area contributed by atoms with Crippen LogP contribution in [0.1, 0.15) is 16.7 Å². The Balaban J connectivity index is 1.89. The van der Waals surface area contributed by atoms with E-state index in [1.165, 1.54) is 0 Å². The second-order valence-corrected chi connectivity index (χ2v) is 6.77. The Kier molecular flexibility index (Phi) is 6.50. The molecule has 2 aromatic rings. The number of carbonyl (C=O) groups excluding carboxylic acids is 1. The molecule has 0 radical (unpaired) electrons. The summed E-state index contributed by atoms with van der Waals surface area (Å²) < 4.78 is 16.8. The fourth-order valence-corrected chi connectivity index (χ4v) is 2.97. The van der Waals surface area contributed by atoms with E-state index in [9.17, 15) is 9.00 Å². The number of ether oxygens (including phenoxy) is 1. The molecule has 0 fully saturated rings. The molecule has 0 heterocycles. The van der Waals surface area contributed by atoms with E-state index in [0.717, 1.165) is 22.4 Å². The summed E-state index contributed by atoms with van der Waals surface area (Å²) in [6, 6.07) is 15.3. The Hall–Kier alpha value is -1.98. The summed E-state index contributed by atoms with van der Waals surface area (Å²) in [5.74, 6) is 0.291. The molecule has 122 valence electrons. The van der Waals surface area contributed by atoms with Crippen molar-refractivity contribution in [2.75, 3.05) is 18.2 Å². The van der Waals surface area contributed by atoms with Gasteiger partial charge in [0.15, 0.2) is 0 Å². The molecule has 0 bridgehead atoms. The van der Waals surface area contributed by atoms with Crippen LogP contribution in [0.2, 0.25) is 0 Å². The van der Waals surface area contributed by atoms with Crippen molar-refractivity contribution in [2.24, 2.45) is 0 Å². The van der Waals surface area contributed by atoms with Crippen LogP contribution in [-0.4, -0.2) is 23.0 Å². The summed E-state index contributed by atoms with van der Waals surface area (Å²) in [5.41, 5.74) is 3.69. The van der Waals surface area contributed by atoms with Gasteiger partial charge in [-0.05, 0) is 29.7 Å². The first-order chi connectivity index (χ1) is 11.1. The predicted molar refractivity (Wildman–Crippen MR) is 93.7 cm³/mol. The molecule has 23 heavy (non-hydrogen) atoms. The van der Waals surface area contributed by atoms with Crippen molar-refractivity contribution in [3.8, 4) is 0 Å². The zero-order valence-electron chi connectivity index (χ0n) is 13.4. The topological polar surface area (TPSA) is 55.4 Å². The van der Waals surface area contributed by atoms with E-state index in [2.05, 4.69) is 5.32 Å². The minimum atomic E-state index is -0.911. The monoisotopic (exact) mass is 331 g/mol. The molecule has 0 saturated carbocycles. The number of nitrogens with one attached hydrogen (secondary N) is 1. The fourth-order valence-electron chi connectivity index (χ4n) is 2.22. The van der Waals surface area contributed by atoms with Gasteiger partial charge in [0.05, 0.1) is 6.61 Å². The van der Waals surface area contributed by atoms with Gasteiger partial charge in [-0.15, -0.1) is 0 Å². The smallest absolute Gasteiger partial charge is 0.250 e. The maximum Gasteiger partial charge on any atom is 0.250 e. The lowest BCUT2D eigenvalue weighted by Gasteiger charge is -2.12. The molecule has 0 aliphatic carbocycles. The van der Waals surface area contributed by atoms with Gasteiger partial charge in [-0.25, -0.2) is 0 Å². The number of rotatable bonds is 7. The highest BCUT2D eigenvalue weighted by atomic mass is 32.2. The summed E-state index contributed by atoms with van der Waals surface area (Å²) in [6.07, 6.45) is 1.67. The summed E-state index contributed by atoms with van der Waals surface area (Å²) in [4.78, 5) is 12.0. The van der Waals surface area contributed by atoms with Gasteiger partial charge in [-0.2, -0.15) is 0 Å². The summed E-state index contributed by atoms with van der Waals surface area (Å²) in [5, 5.41) is 2.85. The van der Waals surface area contributed by atoms with Gasteiger partial charge in [-0.1, -0.05) is 42.5 Å². The van der Waals surface area contributed by atoms with E-state index in [0.29, 0.717) is 12.4 Å². The first kappa shape index (κ1) is 17.4. The first-order valence-corrected chi connectivity index (χ1v) is 9.09. The lowest BCUT2D eigenvalue weighted by atomic mass is 10.1. The molecular formula is C18H21NO3S. The normalized spacial score (nSPS) is 11.9. The Morgan fingerprint density at radius 2 is 1.87 bits per heavy atom. The lowest BCUT2D eigenvalue weighted by molar-refractivity contribution is -0.121. The van der Waals surface area contributed by atoms with Crippen molar-refractivity contribution < 1.29 is 13.7 Å². The summed E-state index contributed by atoms with van der Waals surface area (Å²) in [7, 11) is -0.911. The number of hydrogen-bond acceptors (Lipinski definition) is 3. The standard InChI is InChI=1S/C18H21NO3S/c1-14-16(13-23(2)21)9-6-10-17(14)19-18(20)12-22-11-15-7-4-3-5-8-15/h3-10H,11-13H2,1-2H3,(H,19,20)/t23-/m1/s1. The van der Waals surface area contributed by atoms with Crippen LogP contribution < -0.4 is 5.32 Å². The molecule has 2 aromatic carbocycles. The van der Waals surface area contributed by atoms with Crippen molar-refractivity contribution in [1.82, 2.24) is 0 Å². The fraction of sp³-hybridized carbons (Fsp3) is 0.278. The number of hydrogen-bond donors (Lipinski definition) is 1. The molecule has 0 aliphatic heterocycles. The van der Waals surface area contributed by atoms with Gasteiger partial charge in [0.1, 0.15) is 6.61 Å². The summed E-state index contributed by atoms with van der Waals surface area (Å²) >= 11 is 0. The van der Waals surface area contributed by atoms with E-state index in [1.807, 2.05) is 55.5 Å². The van der Waals surface area contributed by atoms with Crippen molar-refractivity contribution in [2.45, 2.75) is 19.3 Å². The van der Waals surface area contributed by atoms with Gasteiger partial charge in [-0.3, -0.25) is 9.00 Å². The third-order valence-electron chi connectivity index (χ3n) is 3.42. The largest absolute Gasteiger partial charge is 0.367 e. The molecule has 1 atom stereocenters. The zero-order chi connectivity index (χ0) is 16.7. The third-order valence-corrected chi connectivity index (χ3v) is 4.14. The van der Waals surface area contributed by atoms with Crippen LogP contribution in [0.3, 0.4) is 0 Å². The second kappa shape index (κ2) is 8.60. The van der Waals surface area contributed by atoms with Gasteiger partial charge in [0.2, 0.25) is 5.91 Å².